The quantitative estimate of drug-likeness (QED) is 0.811. The second-order valence-corrected chi connectivity index (χ2v) is 5.71. The molecule has 4 nitrogen and oxygen atoms in total. The van der Waals surface area contributed by atoms with Crippen LogP contribution < -0.4 is 10.6 Å². The van der Waals surface area contributed by atoms with E-state index in [4.69, 9.17) is 28.9 Å². The summed E-state index contributed by atoms with van der Waals surface area (Å²) in [5.41, 5.74) is 5.30. The lowest BCUT2D eigenvalue weighted by Gasteiger charge is -2.23. The fourth-order valence-electron chi connectivity index (χ4n) is 2.02. The average Bonchev–Trinajstić information content (AvgIpc) is 2.52. The van der Waals surface area contributed by atoms with Crippen molar-refractivity contribution in [2.45, 2.75) is 6.42 Å². The van der Waals surface area contributed by atoms with Gasteiger partial charge in [-0.05, 0) is 36.4 Å². The minimum atomic E-state index is -0.807. The van der Waals surface area contributed by atoms with Crippen molar-refractivity contribution in [2.75, 3.05) is 11.4 Å². The Bertz CT molecular complexity index is 782. The summed E-state index contributed by atoms with van der Waals surface area (Å²) in [6.45, 7) is -0.0691. The molecule has 0 saturated carbocycles. The first-order valence-electron chi connectivity index (χ1n) is 6.80. The summed E-state index contributed by atoms with van der Waals surface area (Å²) in [7, 11) is 0. The van der Waals surface area contributed by atoms with E-state index >= 15 is 0 Å². The van der Waals surface area contributed by atoms with Crippen LogP contribution in [0.5, 0.6) is 0 Å². The molecule has 0 aliphatic heterocycles. The molecular formula is C16H12Cl2F2N2O2. The Morgan fingerprint density at radius 2 is 1.67 bits per heavy atom. The highest BCUT2D eigenvalue weighted by molar-refractivity contribution is 6.37. The Kier molecular flexibility index (Phi) is 5.75. The molecule has 0 saturated heterocycles. The molecule has 24 heavy (non-hydrogen) atoms. The third-order valence-corrected chi connectivity index (χ3v) is 3.81. The molecule has 126 valence electrons. The second-order valence-electron chi connectivity index (χ2n) is 4.90. The predicted molar refractivity (Wildman–Crippen MR) is 88.3 cm³/mol. The van der Waals surface area contributed by atoms with Crippen LogP contribution in [0.15, 0.2) is 36.4 Å². The van der Waals surface area contributed by atoms with Crippen LogP contribution >= 0.6 is 23.2 Å². The molecule has 2 aromatic carbocycles. The molecule has 0 aliphatic carbocycles. The molecule has 0 heterocycles. The molecule has 0 aliphatic rings. The van der Waals surface area contributed by atoms with Gasteiger partial charge >= 0.3 is 0 Å². The zero-order valence-electron chi connectivity index (χ0n) is 12.2. The van der Waals surface area contributed by atoms with E-state index < -0.39 is 23.4 Å². The first-order chi connectivity index (χ1) is 11.3. The van der Waals surface area contributed by atoms with Gasteiger partial charge in [-0.2, -0.15) is 0 Å². The maximum absolute atomic E-state index is 13.7. The van der Waals surface area contributed by atoms with Gasteiger partial charge in [0.05, 0.1) is 15.6 Å². The number of primary amides is 1. The number of anilines is 1. The molecule has 2 amide bonds. The number of nitrogens with zero attached hydrogens (tertiary/aromatic N) is 1. The Morgan fingerprint density at radius 3 is 2.25 bits per heavy atom. The van der Waals surface area contributed by atoms with E-state index in [9.17, 15) is 18.4 Å². The van der Waals surface area contributed by atoms with Gasteiger partial charge < -0.3 is 10.6 Å². The van der Waals surface area contributed by atoms with Crippen molar-refractivity contribution < 1.29 is 18.4 Å². The highest BCUT2D eigenvalue weighted by Crippen LogP contribution is 2.27. The lowest BCUT2D eigenvalue weighted by Crippen LogP contribution is -2.34. The van der Waals surface area contributed by atoms with Crippen molar-refractivity contribution in [3.63, 3.8) is 0 Å². The van der Waals surface area contributed by atoms with Crippen molar-refractivity contribution in [2.24, 2.45) is 5.73 Å². The Morgan fingerprint density at radius 1 is 1.04 bits per heavy atom. The molecule has 2 aromatic rings. The number of amides is 2. The van der Waals surface area contributed by atoms with Crippen LogP contribution in [0.1, 0.15) is 16.8 Å². The Balaban J connectivity index is 2.42. The van der Waals surface area contributed by atoms with E-state index in [0.717, 1.165) is 24.3 Å². The van der Waals surface area contributed by atoms with Crippen LogP contribution in [-0.4, -0.2) is 18.4 Å². The van der Waals surface area contributed by atoms with Crippen molar-refractivity contribution in [1.29, 1.82) is 0 Å². The van der Waals surface area contributed by atoms with Crippen molar-refractivity contribution in [1.82, 2.24) is 0 Å². The predicted octanol–water partition coefficient (Wildman–Crippen LogP) is 3.79. The molecule has 0 aromatic heterocycles. The van der Waals surface area contributed by atoms with Gasteiger partial charge in [0.2, 0.25) is 5.91 Å². The van der Waals surface area contributed by atoms with Crippen molar-refractivity contribution in [3.8, 4) is 0 Å². The van der Waals surface area contributed by atoms with E-state index in [0.29, 0.717) is 5.69 Å². The lowest BCUT2D eigenvalue weighted by atomic mass is 10.1. The van der Waals surface area contributed by atoms with Gasteiger partial charge in [0.15, 0.2) is 0 Å². The van der Waals surface area contributed by atoms with Gasteiger partial charge in [0.1, 0.15) is 11.6 Å². The standard InChI is InChI=1S/C16H12Cl2F2N2O2/c17-12-8-13(18)14(20)7-11(12)16(24)22(6-5-15(21)23)10-3-1-9(19)2-4-10/h1-4,7-8H,5-6H2,(H2,21,23). The average molecular weight is 373 g/mol. The molecule has 0 fully saturated rings. The third kappa shape index (κ3) is 4.21. The number of benzene rings is 2. The van der Waals surface area contributed by atoms with Gasteiger partial charge in [0.25, 0.3) is 5.91 Å². The summed E-state index contributed by atoms with van der Waals surface area (Å²) in [6, 6.07) is 7.05. The fourth-order valence-corrected chi connectivity index (χ4v) is 2.49. The van der Waals surface area contributed by atoms with E-state index in [1.807, 2.05) is 0 Å². The summed E-state index contributed by atoms with van der Waals surface area (Å²) in [5.74, 6) is -2.58. The second kappa shape index (κ2) is 7.59. The first-order valence-corrected chi connectivity index (χ1v) is 7.55. The summed E-state index contributed by atoms with van der Waals surface area (Å²) >= 11 is 11.6. The maximum Gasteiger partial charge on any atom is 0.259 e. The maximum atomic E-state index is 13.7. The Labute approximate surface area is 146 Å². The van der Waals surface area contributed by atoms with E-state index in [2.05, 4.69) is 0 Å². The van der Waals surface area contributed by atoms with Gasteiger partial charge in [-0.15, -0.1) is 0 Å². The minimum absolute atomic E-state index is 0.0439. The van der Waals surface area contributed by atoms with Gasteiger partial charge in [-0.25, -0.2) is 8.78 Å². The molecular weight excluding hydrogens is 361 g/mol. The lowest BCUT2D eigenvalue weighted by molar-refractivity contribution is -0.117. The van der Waals surface area contributed by atoms with Crippen LogP contribution in [0.3, 0.4) is 0 Å². The molecule has 2 rings (SSSR count). The number of hydrogen-bond donors (Lipinski definition) is 1. The summed E-state index contributed by atoms with van der Waals surface area (Å²) < 4.78 is 26.8. The number of hydrogen-bond acceptors (Lipinski definition) is 2. The number of carbonyl (C=O) groups is 2. The molecule has 0 radical (unpaired) electrons. The summed E-state index contributed by atoms with van der Waals surface area (Å²) in [4.78, 5) is 24.9. The van der Waals surface area contributed by atoms with Crippen LogP contribution in [0.2, 0.25) is 10.0 Å². The van der Waals surface area contributed by atoms with E-state index in [-0.39, 0.29) is 28.6 Å². The minimum Gasteiger partial charge on any atom is -0.370 e. The largest absolute Gasteiger partial charge is 0.370 e. The Hall–Kier alpha value is -2.18. The highest BCUT2D eigenvalue weighted by atomic mass is 35.5. The van der Waals surface area contributed by atoms with Crippen LogP contribution in [0.4, 0.5) is 14.5 Å². The highest BCUT2D eigenvalue weighted by Gasteiger charge is 2.22. The zero-order chi connectivity index (χ0) is 17.9. The van der Waals surface area contributed by atoms with E-state index in [1.165, 1.54) is 17.0 Å². The van der Waals surface area contributed by atoms with Crippen LogP contribution in [-0.2, 0) is 4.79 Å². The SMILES string of the molecule is NC(=O)CCN(C(=O)c1cc(F)c(Cl)cc1Cl)c1ccc(F)cc1. The topological polar surface area (TPSA) is 63.4 Å². The zero-order valence-corrected chi connectivity index (χ0v) is 13.7. The van der Waals surface area contributed by atoms with E-state index in [1.54, 1.807) is 0 Å². The third-order valence-electron chi connectivity index (χ3n) is 3.21. The number of nitrogens with two attached hydrogens (primary N) is 1. The molecule has 0 unspecified atom stereocenters. The van der Waals surface area contributed by atoms with Crippen molar-refractivity contribution in [3.05, 3.63) is 63.6 Å². The summed E-state index contributed by atoms with van der Waals surface area (Å²) in [6.07, 6.45) is -0.128. The van der Waals surface area contributed by atoms with Crippen LogP contribution in [0, 0.1) is 11.6 Å². The summed E-state index contributed by atoms with van der Waals surface area (Å²) in [5, 5.41) is -0.264. The van der Waals surface area contributed by atoms with Crippen molar-refractivity contribution >= 4 is 40.7 Å². The molecule has 0 atom stereocenters. The molecule has 0 bridgehead atoms. The fraction of sp³-hybridized carbons (Fsp3) is 0.125. The normalized spacial score (nSPS) is 10.5. The molecule has 8 heteroatoms. The van der Waals surface area contributed by atoms with Gasteiger partial charge in [-0.1, -0.05) is 23.2 Å². The monoisotopic (exact) mass is 372 g/mol. The number of rotatable bonds is 5. The van der Waals surface area contributed by atoms with Crippen LogP contribution in [0.25, 0.3) is 0 Å². The number of halogens is 4. The van der Waals surface area contributed by atoms with Gasteiger partial charge in [0, 0.05) is 18.7 Å². The smallest absolute Gasteiger partial charge is 0.259 e. The molecule has 0 spiro atoms. The van der Waals surface area contributed by atoms with Gasteiger partial charge in [-0.3, -0.25) is 9.59 Å². The molecule has 2 N–H and O–H groups in total. The number of carbonyl (C=O) groups excluding carboxylic acids is 2. The first kappa shape index (κ1) is 18.2.